The van der Waals surface area contributed by atoms with Gasteiger partial charge in [0.2, 0.25) is 0 Å². The van der Waals surface area contributed by atoms with E-state index in [-0.39, 0.29) is 0 Å². The largest absolute Gasteiger partial charge is 0.472 e. The summed E-state index contributed by atoms with van der Waals surface area (Å²) in [6.45, 7) is 2.92. The summed E-state index contributed by atoms with van der Waals surface area (Å²) < 4.78 is 15.8. The average molecular weight is 215 g/mol. The quantitative estimate of drug-likeness (QED) is 0.782. The molecule has 1 aromatic rings. The lowest BCUT2D eigenvalue weighted by Crippen LogP contribution is -2.26. The van der Waals surface area contributed by atoms with Crippen LogP contribution in [-0.4, -0.2) is 22.3 Å². The van der Waals surface area contributed by atoms with Gasteiger partial charge in [0.25, 0.3) is 0 Å². The van der Waals surface area contributed by atoms with Crippen LogP contribution in [0.5, 0.6) is 0 Å². The Kier molecular flexibility index (Phi) is 4.90. The normalized spacial score (nSPS) is 15.3. The zero-order valence-corrected chi connectivity index (χ0v) is 9.47. The summed E-state index contributed by atoms with van der Waals surface area (Å²) in [4.78, 5) is 0. The lowest BCUT2D eigenvalue weighted by Gasteiger charge is -2.11. The van der Waals surface area contributed by atoms with Gasteiger partial charge in [0.15, 0.2) is 0 Å². The van der Waals surface area contributed by atoms with Crippen LogP contribution >= 0.6 is 0 Å². The van der Waals surface area contributed by atoms with Gasteiger partial charge in [-0.15, -0.1) is 0 Å². The monoisotopic (exact) mass is 215 g/mol. The van der Waals surface area contributed by atoms with Gasteiger partial charge in [-0.05, 0) is 19.4 Å². The van der Waals surface area contributed by atoms with E-state index in [1.807, 2.05) is 6.07 Å². The van der Waals surface area contributed by atoms with Gasteiger partial charge in [0.1, 0.15) is 0 Å². The maximum Gasteiger partial charge on any atom is 0.0947 e. The van der Waals surface area contributed by atoms with Crippen LogP contribution in [0.3, 0.4) is 0 Å². The van der Waals surface area contributed by atoms with E-state index in [0.29, 0.717) is 6.04 Å². The molecule has 1 rings (SSSR count). The van der Waals surface area contributed by atoms with Gasteiger partial charge < -0.3 is 9.73 Å². The van der Waals surface area contributed by atoms with E-state index in [4.69, 9.17) is 4.42 Å². The highest BCUT2D eigenvalue weighted by atomic mass is 32.2. The summed E-state index contributed by atoms with van der Waals surface area (Å²) in [5.41, 5.74) is 1.15. The number of hydrogen-bond acceptors (Lipinski definition) is 3. The Hall–Kier alpha value is -0.610. The minimum absolute atomic E-state index is 0.397. The fourth-order valence-electron chi connectivity index (χ4n) is 1.13. The molecule has 1 heterocycles. The molecule has 0 aliphatic heterocycles. The molecule has 4 heteroatoms. The molecule has 0 aliphatic rings. The summed E-state index contributed by atoms with van der Waals surface area (Å²) in [6.07, 6.45) is 6.09. The summed E-state index contributed by atoms with van der Waals surface area (Å²) in [5.74, 6) is 0.763. The van der Waals surface area contributed by atoms with E-state index < -0.39 is 10.8 Å². The Morgan fingerprint density at radius 3 is 3.00 bits per heavy atom. The maximum atomic E-state index is 10.8. The van der Waals surface area contributed by atoms with Crippen molar-refractivity contribution in [2.45, 2.75) is 25.9 Å². The molecule has 0 saturated carbocycles. The molecular formula is C10H17NO2S. The fraction of sp³-hybridized carbons (Fsp3) is 0.600. The van der Waals surface area contributed by atoms with Gasteiger partial charge in [-0.2, -0.15) is 0 Å². The smallest absolute Gasteiger partial charge is 0.0947 e. The summed E-state index contributed by atoms with van der Waals surface area (Å²) in [5, 5.41) is 3.35. The molecule has 0 bridgehead atoms. The van der Waals surface area contributed by atoms with Crippen molar-refractivity contribution < 1.29 is 8.63 Å². The molecule has 0 amide bonds. The van der Waals surface area contributed by atoms with Crippen LogP contribution in [0.15, 0.2) is 23.0 Å². The maximum absolute atomic E-state index is 10.8. The average Bonchev–Trinajstić information content (AvgIpc) is 2.63. The summed E-state index contributed by atoms with van der Waals surface area (Å²) in [7, 11) is -0.685. The third-order valence-electron chi connectivity index (χ3n) is 2.07. The van der Waals surface area contributed by atoms with Gasteiger partial charge in [-0.3, -0.25) is 4.21 Å². The molecule has 2 unspecified atom stereocenters. The molecule has 0 saturated heterocycles. The second-order valence-electron chi connectivity index (χ2n) is 3.48. The molecular weight excluding hydrogens is 198 g/mol. The van der Waals surface area contributed by atoms with Gasteiger partial charge >= 0.3 is 0 Å². The van der Waals surface area contributed by atoms with Crippen molar-refractivity contribution in [3.8, 4) is 0 Å². The van der Waals surface area contributed by atoms with Crippen molar-refractivity contribution in [3.63, 3.8) is 0 Å². The fourth-order valence-corrected chi connectivity index (χ4v) is 1.82. The molecule has 0 aromatic carbocycles. The lowest BCUT2D eigenvalue weighted by molar-refractivity contribution is 0.525. The van der Waals surface area contributed by atoms with E-state index in [9.17, 15) is 4.21 Å². The van der Waals surface area contributed by atoms with E-state index >= 15 is 0 Å². The Morgan fingerprint density at radius 2 is 2.43 bits per heavy atom. The molecule has 80 valence electrons. The molecule has 1 N–H and O–H groups in total. The van der Waals surface area contributed by atoms with E-state index in [2.05, 4.69) is 12.2 Å². The molecule has 0 fully saturated rings. The SMILES string of the molecule is CC(CCS(C)=O)NCc1ccoc1. The van der Waals surface area contributed by atoms with Crippen LogP contribution < -0.4 is 5.32 Å². The van der Waals surface area contributed by atoms with Crippen LogP contribution in [0, 0.1) is 0 Å². The first-order valence-corrected chi connectivity index (χ1v) is 6.45. The third kappa shape index (κ3) is 4.58. The van der Waals surface area contributed by atoms with Gasteiger partial charge in [-0.25, -0.2) is 0 Å². The highest BCUT2D eigenvalue weighted by molar-refractivity contribution is 7.84. The zero-order chi connectivity index (χ0) is 10.4. The molecule has 0 spiro atoms. The van der Waals surface area contributed by atoms with Crippen LogP contribution in [0.2, 0.25) is 0 Å². The molecule has 0 radical (unpaired) electrons. The van der Waals surface area contributed by atoms with Crippen LogP contribution in [-0.2, 0) is 17.3 Å². The Morgan fingerprint density at radius 1 is 1.64 bits per heavy atom. The van der Waals surface area contributed by atoms with E-state index in [1.165, 1.54) is 0 Å². The lowest BCUT2D eigenvalue weighted by atomic mass is 10.2. The predicted molar refractivity (Wildman–Crippen MR) is 58.6 cm³/mol. The van der Waals surface area contributed by atoms with E-state index in [1.54, 1.807) is 18.8 Å². The van der Waals surface area contributed by atoms with E-state index in [0.717, 1.165) is 24.3 Å². The first-order valence-electron chi connectivity index (χ1n) is 4.73. The third-order valence-corrected chi connectivity index (χ3v) is 2.88. The molecule has 2 atom stereocenters. The highest BCUT2D eigenvalue weighted by Crippen LogP contribution is 2.00. The number of furan rings is 1. The number of nitrogens with one attached hydrogen (secondary N) is 1. The molecule has 14 heavy (non-hydrogen) atoms. The van der Waals surface area contributed by atoms with Crippen molar-refractivity contribution in [3.05, 3.63) is 24.2 Å². The number of rotatable bonds is 6. The molecule has 0 aliphatic carbocycles. The Bertz CT molecular complexity index is 272. The van der Waals surface area contributed by atoms with Crippen molar-refractivity contribution >= 4 is 10.8 Å². The van der Waals surface area contributed by atoms with Gasteiger partial charge in [0.05, 0.1) is 12.5 Å². The minimum atomic E-state index is -0.685. The first-order chi connectivity index (χ1) is 6.68. The van der Waals surface area contributed by atoms with Gasteiger partial charge in [0, 0.05) is 41.0 Å². The van der Waals surface area contributed by atoms with Crippen molar-refractivity contribution in [2.24, 2.45) is 0 Å². The van der Waals surface area contributed by atoms with Crippen molar-refractivity contribution in [2.75, 3.05) is 12.0 Å². The highest BCUT2D eigenvalue weighted by Gasteiger charge is 2.02. The number of hydrogen-bond donors (Lipinski definition) is 1. The molecule has 1 aromatic heterocycles. The Labute approximate surface area is 87.3 Å². The van der Waals surface area contributed by atoms with Crippen molar-refractivity contribution in [1.82, 2.24) is 5.32 Å². The first kappa shape index (κ1) is 11.5. The standard InChI is InChI=1S/C10H17NO2S/c1-9(4-6-14(2)12)11-7-10-3-5-13-8-10/h3,5,8-9,11H,4,6-7H2,1-2H3. The predicted octanol–water partition coefficient (Wildman–Crippen LogP) is 1.53. The van der Waals surface area contributed by atoms with Crippen LogP contribution in [0.1, 0.15) is 18.9 Å². The second-order valence-corrected chi connectivity index (χ2v) is 5.03. The Balaban J connectivity index is 2.15. The van der Waals surface area contributed by atoms with Crippen LogP contribution in [0.25, 0.3) is 0 Å². The summed E-state index contributed by atoms with van der Waals surface area (Å²) >= 11 is 0. The molecule has 3 nitrogen and oxygen atoms in total. The van der Waals surface area contributed by atoms with Crippen LogP contribution in [0.4, 0.5) is 0 Å². The minimum Gasteiger partial charge on any atom is -0.472 e. The summed E-state index contributed by atoms with van der Waals surface area (Å²) in [6, 6.07) is 2.34. The zero-order valence-electron chi connectivity index (χ0n) is 8.66. The van der Waals surface area contributed by atoms with Gasteiger partial charge in [-0.1, -0.05) is 0 Å². The second kappa shape index (κ2) is 5.98. The topological polar surface area (TPSA) is 42.2 Å². The van der Waals surface area contributed by atoms with Crippen molar-refractivity contribution in [1.29, 1.82) is 0 Å².